The molecular weight excluding hydrogens is 973 g/mol. The molecule has 8 aromatic rings. The highest BCUT2D eigenvalue weighted by Crippen LogP contribution is 2.46. The number of rotatable bonds is 12. The number of hydrogen-bond acceptors (Lipinski definition) is 11. The summed E-state index contributed by atoms with van der Waals surface area (Å²) in [7, 11) is 0. The summed E-state index contributed by atoms with van der Waals surface area (Å²) < 4.78 is 19.6. The molecular formula is C62H44N6O9. The van der Waals surface area contributed by atoms with Crippen LogP contribution in [0.3, 0.4) is 0 Å². The molecule has 15 heteroatoms. The maximum atomic E-state index is 14.2. The van der Waals surface area contributed by atoms with Crippen molar-refractivity contribution < 1.29 is 43.0 Å². The van der Waals surface area contributed by atoms with Crippen LogP contribution in [0.4, 0.5) is 43.7 Å². The molecule has 0 atom stereocenters. The number of allylic oxidation sites excluding steroid dienone is 4. The average Bonchev–Trinajstić information content (AvgIpc) is 4.04. The van der Waals surface area contributed by atoms with E-state index in [1.165, 1.54) is 12.2 Å². The van der Waals surface area contributed by atoms with E-state index in [1.54, 1.807) is 133 Å². The lowest BCUT2D eigenvalue weighted by Gasteiger charge is -2.33. The monoisotopic (exact) mass is 1020 g/mol. The summed E-state index contributed by atoms with van der Waals surface area (Å²) in [4.78, 5) is 92.7. The van der Waals surface area contributed by atoms with E-state index in [1.807, 2.05) is 82.6 Å². The number of ether oxygens (including phenoxy) is 3. The van der Waals surface area contributed by atoms with Crippen molar-refractivity contribution in [3.63, 3.8) is 0 Å². The van der Waals surface area contributed by atoms with E-state index >= 15 is 0 Å². The van der Waals surface area contributed by atoms with Crippen molar-refractivity contribution in [3.05, 3.63) is 241 Å². The Bertz CT molecular complexity index is 3470. The molecule has 4 aliphatic rings. The van der Waals surface area contributed by atoms with Crippen LogP contribution in [0, 0.1) is 0 Å². The first kappa shape index (κ1) is 47.6. The van der Waals surface area contributed by atoms with Gasteiger partial charge in [0.2, 0.25) is 11.8 Å². The van der Waals surface area contributed by atoms with Crippen LogP contribution in [0.5, 0.6) is 11.5 Å². The Balaban J connectivity index is 0.835. The Morgan fingerprint density at radius 3 is 1.00 bits per heavy atom. The highest BCUT2D eigenvalue weighted by molar-refractivity contribution is 6.46. The first-order valence-electron chi connectivity index (χ1n) is 24.8. The van der Waals surface area contributed by atoms with Crippen LogP contribution in [-0.2, 0) is 23.9 Å². The Morgan fingerprint density at radius 1 is 0.351 bits per heavy atom. The van der Waals surface area contributed by atoms with E-state index in [0.29, 0.717) is 46.0 Å². The molecule has 2 saturated heterocycles. The number of urea groups is 2. The van der Waals surface area contributed by atoms with E-state index in [2.05, 4.69) is 0 Å². The topological polar surface area (TPSA) is 150 Å². The van der Waals surface area contributed by atoms with Crippen molar-refractivity contribution in [3.8, 4) is 11.5 Å². The van der Waals surface area contributed by atoms with E-state index in [0.717, 1.165) is 52.5 Å². The van der Waals surface area contributed by atoms with Crippen molar-refractivity contribution in [2.75, 3.05) is 55.7 Å². The molecule has 0 saturated carbocycles. The fraction of sp³-hybridized carbons (Fsp3) is 0.0645. The third-order valence-electron chi connectivity index (χ3n) is 13.5. The fourth-order valence-electron chi connectivity index (χ4n) is 9.81. The number of carbonyl (C=O) groups excluding carboxylic acids is 6. The van der Waals surface area contributed by atoms with Crippen LogP contribution in [0.2, 0.25) is 0 Å². The molecule has 2 fully saturated rings. The molecule has 15 nitrogen and oxygen atoms in total. The standard InChI is InChI=1S/C62H44N6O9/c69-57-49(58(70)66(44-21-7-2-8-22-44)61(73)65(57)43-19-5-1-6-20-43)31-35-53-63(51-33-29-41-17-13-15-27-47(41)55(51)76-53)37-39-75-40-38-64-52-34-30-42-18-14-16-28-48(42)56(52)77-54(64)36-32-50-59(71)67(45-23-9-3-10-24-45)62(74)68(60(50)72)46-25-11-4-12-26-46/h1-36H,37-40H2. The Kier molecular flexibility index (Phi) is 12.5. The molecule has 0 aliphatic carbocycles. The van der Waals surface area contributed by atoms with Gasteiger partial charge in [-0.15, -0.1) is 0 Å². The number of fused-ring (bicyclic) bond motifs is 6. The zero-order chi connectivity index (χ0) is 52.6. The molecule has 77 heavy (non-hydrogen) atoms. The number of benzene rings is 8. The fourth-order valence-corrected chi connectivity index (χ4v) is 9.81. The highest BCUT2D eigenvalue weighted by Gasteiger charge is 2.45. The van der Waals surface area contributed by atoms with Crippen molar-refractivity contribution in [1.82, 2.24) is 0 Å². The van der Waals surface area contributed by atoms with Crippen LogP contribution in [0.1, 0.15) is 0 Å². The molecule has 376 valence electrons. The predicted molar refractivity (Wildman–Crippen MR) is 293 cm³/mol. The number of amides is 8. The smallest absolute Gasteiger partial charge is 0.343 e. The van der Waals surface area contributed by atoms with Gasteiger partial charge in [-0.1, -0.05) is 133 Å². The summed E-state index contributed by atoms with van der Waals surface area (Å²) in [6, 6.07) is 55.7. The molecule has 0 spiro atoms. The maximum absolute atomic E-state index is 14.2. The SMILES string of the molecule is O=C1C(=CC=C2Oc3c(ccc4ccccc34)N2CCOCCN2C(=CC=C3C(=O)N(c4ccccc4)C(=O)N(c4ccccc4)C3=O)Oc3c2ccc2ccccc32)C(=O)N(c2ccccc2)C(=O)N1c1ccccc1. The largest absolute Gasteiger partial charge is 0.438 e. The number of para-hydroxylation sites is 4. The van der Waals surface area contributed by atoms with Gasteiger partial charge in [0.05, 0.1) is 47.3 Å². The minimum atomic E-state index is -0.800. The molecule has 4 heterocycles. The summed E-state index contributed by atoms with van der Waals surface area (Å²) in [5.74, 6) is -1.34. The van der Waals surface area contributed by atoms with Crippen molar-refractivity contribution >= 4 is 91.4 Å². The van der Waals surface area contributed by atoms with E-state index < -0.39 is 35.7 Å². The van der Waals surface area contributed by atoms with Gasteiger partial charge in [-0.2, -0.15) is 0 Å². The van der Waals surface area contributed by atoms with Gasteiger partial charge in [-0.3, -0.25) is 19.2 Å². The summed E-state index contributed by atoms with van der Waals surface area (Å²) in [5, 5.41) is 3.60. The van der Waals surface area contributed by atoms with Gasteiger partial charge >= 0.3 is 12.1 Å². The second kappa shape index (κ2) is 20.1. The van der Waals surface area contributed by atoms with Crippen LogP contribution >= 0.6 is 0 Å². The molecule has 0 N–H and O–H groups in total. The van der Waals surface area contributed by atoms with Gasteiger partial charge in [-0.25, -0.2) is 29.2 Å². The van der Waals surface area contributed by atoms with Gasteiger partial charge in [-0.05, 0) is 95.7 Å². The zero-order valence-electron chi connectivity index (χ0n) is 41.0. The normalized spacial score (nSPS) is 16.5. The van der Waals surface area contributed by atoms with E-state index in [4.69, 9.17) is 14.2 Å². The summed E-state index contributed by atoms with van der Waals surface area (Å²) in [5.41, 5.74) is 2.19. The predicted octanol–water partition coefficient (Wildman–Crippen LogP) is 11.0. The Morgan fingerprint density at radius 2 is 0.662 bits per heavy atom. The van der Waals surface area contributed by atoms with Gasteiger partial charge in [0.15, 0.2) is 11.5 Å². The van der Waals surface area contributed by atoms with Gasteiger partial charge in [0.1, 0.15) is 11.1 Å². The molecule has 8 aromatic carbocycles. The van der Waals surface area contributed by atoms with Gasteiger partial charge < -0.3 is 24.0 Å². The molecule has 0 radical (unpaired) electrons. The molecule has 12 rings (SSSR count). The molecule has 4 aliphatic heterocycles. The molecule has 0 aromatic heterocycles. The number of nitrogens with zero attached hydrogens (tertiary/aromatic N) is 6. The van der Waals surface area contributed by atoms with Crippen LogP contribution in [0.25, 0.3) is 21.5 Å². The van der Waals surface area contributed by atoms with E-state index in [9.17, 15) is 28.8 Å². The number of imide groups is 4. The number of barbiturate groups is 2. The highest BCUT2D eigenvalue weighted by atomic mass is 16.5. The quantitative estimate of drug-likeness (QED) is 0.0654. The average molecular weight is 1020 g/mol. The van der Waals surface area contributed by atoms with Crippen LogP contribution < -0.4 is 38.9 Å². The maximum Gasteiger partial charge on any atom is 0.343 e. The number of carbonyl (C=O) groups is 6. The second-order valence-electron chi connectivity index (χ2n) is 18.0. The Labute approximate surface area is 441 Å². The lowest BCUT2D eigenvalue weighted by molar-refractivity contribution is -0.123. The van der Waals surface area contributed by atoms with Gasteiger partial charge in [0, 0.05) is 23.9 Å². The van der Waals surface area contributed by atoms with Crippen molar-refractivity contribution in [2.45, 2.75) is 0 Å². The van der Waals surface area contributed by atoms with E-state index in [-0.39, 0.29) is 37.4 Å². The lowest BCUT2D eigenvalue weighted by atomic mass is 10.1. The minimum Gasteiger partial charge on any atom is -0.438 e. The summed E-state index contributed by atoms with van der Waals surface area (Å²) >= 11 is 0. The molecule has 0 bridgehead atoms. The second-order valence-corrected chi connectivity index (χ2v) is 18.0. The zero-order valence-corrected chi connectivity index (χ0v) is 41.0. The van der Waals surface area contributed by atoms with Crippen molar-refractivity contribution in [2.24, 2.45) is 0 Å². The first-order valence-corrected chi connectivity index (χ1v) is 24.8. The van der Waals surface area contributed by atoms with Gasteiger partial charge in [0.25, 0.3) is 23.6 Å². The molecule has 8 amide bonds. The summed E-state index contributed by atoms with van der Waals surface area (Å²) in [6.45, 7) is 0.920. The lowest BCUT2D eigenvalue weighted by Crippen LogP contribution is -2.57. The van der Waals surface area contributed by atoms with Crippen LogP contribution in [-0.4, -0.2) is 62.0 Å². The minimum absolute atomic E-state index is 0.184. The number of hydrogen-bond donors (Lipinski definition) is 0. The molecule has 0 unspecified atom stereocenters. The Hall–Kier alpha value is -10.4. The number of anilines is 6. The third-order valence-corrected chi connectivity index (χ3v) is 13.5. The van der Waals surface area contributed by atoms with Crippen molar-refractivity contribution in [1.29, 1.82) is 0 Å². The third kappa shape index (κ3) is 8.61. The summed E-state index contributed by atoms with van der Waals surface area (Å²) in [6.07, 6.45) is 5.91. The first-order chi connectivity index (χ1) is 37.7. The van der Waals surface area contributed by atoms with Crippen LogP contribution in [0.15, 0.2) is 241 Å².